The lowest BCUT2D eigenvalue weighted by molar-refractivity contribution is 0.273. The molecule has 2 rings (SSSR count). The molecular weight excluding hydrogens is 228 g/mol. The van der Waals surface area contributed by atoms with Crippen LogP contribution in [0, 0.1) is 13.8 Å². The Labute approximate surface area is 110 Å². The normalized spacial score (nSPS) is 17.5. The Balaban J connectivity index is 2.00. The van der Waals surface area contributed by atoms with Crippen molar-refractivity contribution in [3.8, 4) is 0 Å². The highest BCUT2D eigenvalue weighted by Gasteiger charge is 2.16. The zero-order valence-electron chi connectivity index (χ0n) is 10.8. The Kier molecular flexibility index (Phi) is 4.35. The van der Waals surface area contributed by atoms with Crippen LogP contribution in [-0.4, -0.2) is 43.4 Å². The van der Waals surface area contributed by atoms with Crippen LogP contribution >= 0.6 is 12.6 Å². The quantitative estimate of drug-likeness (QED) is 0.823. The molecule has 0 radical (unpaired) electrons. The molecule has 3 heteroatoms. The molecule has 1 fully saturated rings. The van der Waals surface area contributed by atoms with E-state index in [1.807, 2.05) is 0 Å². The highest BCUT2D eigenvalue weighted by atomic mass is 32.1. The van der Waals surface area contributed by atoms with Crippen LogP contribution < -0.4 is 4.90 Å². The number of hydrogen-bond acceptors (Lipinski definition) is 3. The fraction of sp³-hybridized carbons (Fsp3) is 0.571. The van der Waals surface area contributed by atoms with E-state index in [4.69, 9.17) is 0 Å². The van der Waals surface area contributed by atoms with E-state index >= 15 is 0 Å². The summed E-state index contributed by atoms with van der Waals surface area (Å²) in [5.41, 5.74) is 4.10. The molecule has 94 valence electrons. The summed E-state index contributed by atoms with van der Waals surface area (Å²) in [6, 6.07) is 6.82. The van der Waals surface area contributed by atoms with E-state index in [1.54, 1.807) is 0 Å². The number of rotatable bonds is 3. The van der Waals surface area contributed by atoms with Crippen LogP contribution in [0.1, 0.15) is 11.1 Å². The maximum Gasteiger partial charge on any atom is 0.0372 e. The molecule has 0 spiro atoms. The SMILES string of the molecule is Cc1cc(C)cc(N2CCN(CCS)CC2)c1. The maximum atomic E-state index is 4.29. The van der Waals surface area contributed by atoms with Crippen molar-refractivity contribution in [3.05, 3.63) is 29.3 Å². The molecule has 1 aromatic rings. The average molecular weight is 250 g/mol. The highest BCUT2D eigenvalue weighted by molar-refractivity contribution is 7.80. The molecule has 2 nitrogen and oxygen atoms in total. The summed E-state index contributed by atoms with van der Waals surface area (Å²) in [6.07, 6.45) is 0. The van der Waals surface area contributed by atoms with Crippen LogP contribution in [0.4, 0.5) is 5.69 Å². The van der Waals surface area contributed by atoms with Crippen LogP contribution in [0.3, 0.4) is 0 Å². The molecule has 0 amide bonds. The Bertz CT molecular complexity index is 350. The Morgan fingerprint density at radius 2 is 1.59 bits per heavy atom. The van der Waals surface area contributed by atoms with Gasteiger partial charge in [0.1, 0.15) is 0 Å². The summed E-state index contributed by atoms with van der Waals surface area (Å²) in [7, 11) is 0. The zero-order valence-corrected chi connectivity index (χ0v) is 11.7. The van der Waals surface area contributed by atoms with Crippen molar-refractivity contribution in [3.63, 3.8) is 0 Å². The van der Waals surface area contributed by atoms with Crippen molar-refractivity contribution >= 4 is 18.3 Å². The third-order valence-corrected chi connectivity index (χ3v) is 3.56. The second-order valence-corrected chi connectivity index (χ2v) is 5.35. The van der Waals surface area contributed by atoms with Crippen LogP contribution in [-0.2, 0) is 0 Å². The van der Waals surface area contributed by atoms with Gasteiger partial charge in [0.05, 0.1) is 0 Å². The van der Waals surface area contributed by atoms with Crippen molar-refractivity contribution in [1.29, 1.82) is 0 Å². The van der Waals surface area contributed by atoms with Crippen molar-refractivity contribution in [2.24, 2.45) is 0 Å². The highest BCUT2D eigenvalue weighted by Crippen LogP contribution is 2.20. The fourth-order valence-electron chi connectivity index (χ4n) is 2.50. The molecular formula is C14H22N2S. The predicted octanol–water partition coefficient (Wildman–Crippen LogP) is 2.36. The summed E-state index contributed by atoms with van der Waals surface area (Å²) in [6.45, 7) is 10.1. The standard InChI is InChI=1S/C14H22N2S/c1-12-9-13(2)11-14(10-12)16-5-3-15(4-6-16)7-8-17/h9-11,17H,3-8H2,1-2H3. The van der Waals surface area contributed by atoms with Crippen molar-refractivity contribution in [2.75, 3.05) is 43.4 Å². The molecule has 17 heavy (non-hydrogen) atoms. The summed E-state index contributed by atoms with van der Waals surface area (Å²) in [5, 5.41) is 0. The molecule has 0 saturated carbocycles. The van der Waals surface area contributed by atoms with E-state index in [2.05, 4.69) is 54.5 Å². The number of aryl methyl sites for hydroxylation is 2. The lowest BCUT2D eigenvalue weighted by Crippen LogP contribution is -2.47. The van der Waals surface area contributed by atoms with Gasteiger partial charge in [-0.25, -0.2) is 0 Å². The van der Waals surface area contributed by atoms with E-state index in [9.17, 15) is 0 Å². The van der Waals surface area contributed by atoms with Gasteiger partial charge < -0.3 is 4.90 Å². The number of benzene rings is 1. The van der Waals surface area contributed by atoms with Gasteiger partial charge >= 0.3 is 0 Å². The van der Waals surface area contributed by atoms with Gasteiger partial charge in [-0.1, -0.05) is 6.07 Å². The first-order valence-corrected chi connectivity index (χ1v) is 6.99. The van der Waals surface area contributed by atoms with Crippen LogP contribution in [0.5, 0.6) is 0 Å². The molecule has 1 saturated heterocycles. The smallest absolute Gasteiger partial charge is 0.0372 e. The molecule has 0 N–H and O–H groups in total. The third kappa shape index (κ3) is 3.39. The Hall–Kier alpha value is -0.670. The minimum absolute atomic E-state index is 0.962. The number of thiol groups is 1. The minimum Gasteiger partial charge on any atom is -0.369 e. The molecule has 0 bridgehead atoms. The van der Waals surface area contributed by atoms with Gasteiger partial charge in [0.25, 0.3) is 0 Å². The van der Waals surface area contributed by atoms with E-state index in [-0.39, 0.29) is 0 Å². The monoisotopic (exact) mass is 250 g/mol. The van der Waals surface area contributed by atoms with Crippen LogP contribution in [0.15, 0.2) is 18.2 Å². The maximum absolute atomic E-state index is 4.29. The lowest BCUT2D eigenvalue weighted by Gasteiger charge is -2.36. The van der Waals surface area contributed by atoms with Gasteiger partial charge in [-0.05, 0) is 37.1 Å². The molecule has 0 atom stereocenters. The van der Waals surface area contributed by atoms with Gasteiger partial charge in [-0.15, -0.1) is 0 Å². The second-order valence-electron chi connectivity index (χ2n) is 4.90. The second kappa shape index (κ2) is 5.78. The van der Waals surface area contributed by atoms with Gasteiger partial charge in [-0.3, -0.25) is 4.90 Å². The summed E-state index contributed by atoms with van der Waals surface area (Å²) in [5.74, 6) is 0.962. The average Bonchev–Trinajstić information content (AvgIpc) is 2.29. The van der Waals surface area contributed by atoms with Gasteiger partial charge in [0, 0.05) is 44.2 Å². The first kappa shape index (κ1) is 12.8. The summed E-state index contributed by atoms with van der Waals surface area (Å²) in [4.78, 5) is 4.99. The van der Waals surface area contributed by atoms with E-state index < -0.39 is 0 Å². The first-order chi connectivity index (χ1) is 8.19. The van der Waals surface area contributed by atoms with Crippen molar-refractivity contribution in [1.82, 2.24) is 4.90 Å². The molecule has 0 aromatic heterocycles. The molecule has 1 heterocycles. The zero-order chi connectivity index (χ0) is 12.3. The van der Waals surface area contributed by atoms with Gasteiger partial charge in [0.2, 0.25) is 0 Å². The molecule has 0 unspecified atom stereocenters. The first-order valence-electron chi connectivity index (χ1n) is 6.35. The lowest BCUT2D eigenvalue weighted by atomic mass is 10.1. The van der Waals surface area contributed by atoms with Crippen LogP contribution in [0.25, 0.3) is 0 Å². The molecule has 1 aliphatic heterocycles. The van der Waals surface area contributed by atoms with Gasteiger partial charge in [0.15, 0.2) is 0 Å². The van der Waals surface area contributed by atoms with Crippen molar-refractivity contribution < 1.29 is 0 Å². The fourth-order valence-corrected chi connectivity index (χ4v) is 2.79. The number of piperazine rings is 1. The molecule has 1 aliphatic rings. The number of nitrogens with zero attached hydrogens (tertiary/aromatic N) is 2. The van der Waals surface area contributed by atoms with E-state index in [0.29, 0.717) is 0 Å². The van der Waals surface area contributed by atoms with Gasteiger partial charge in [-0.2, -0.15) is 12.6 Å². The number of anilines is 1. The number of hydrogen-bond donors (Lipinski definition) is 1. The Morgan fingerprint density at radius 1 is 1.00 bits per heavy atom. The summed E-state index contributed by atoms with van der Waals surface area (Å²) < 4.78 is 0. The molecule has 1 aromatic carbocycles. The third-order valence-electron chi connectivity index (χ3n) is 3.36. The van der Waals surface area contributed by atoms with Crippen molar-refractivity contribution in [2.45, 2.75) is 13.8 Å². The predicted molar refractivity (Wildman–Crippen MR) is 78.4 cm³/mol. The largest absolute Gasteiger partial charge is 0.369 e. The van der Waals surface area contributed by atoms with Crippen LogP contribution in [0.2, 0.25) is 0 Å². The minimum atomic E-state index is 0.962. The topological polar surface area (TPSA) is 6.48 Å². The summed E-state index contributed by atoms with van der Waals surface area (Å²) >= 11 is 4.29. The van der Waals surface area contributed by atoms with E-state index in [0.717, 1.165) is 38.5 Å². The Morgan fingerprint density at radius 3 is 2.12 bits per heavy atom. The molecule has 0 aliphatic carbocycles. The van der Waals surface area contributed by atoms with E-state index in [1.165, 1.54) is 16.8 Å².